The predicted molar refractivity (Wildman–Crippen MR) is 94.9 cm³/mol. The zero-order valence-corrected chi connectivity index (χ0v) is 13.7. The molecule has 0 aliphatic heterocycles. The first kappa shape index (κ1) is 16.1. The van der Waals surface area contributed by atoms with Crippen LogP contribution in [0.1, 0.15) is 21.5 Å². The summed E-state index contributed by atoms with van der Waals surface area (Å²) in [7, 11) is 1.70. The van der Waals surface area contributed by atoms with Crippen LogP contribution in [-0.4, -0.2) is 24.6 Å². The van der Waals surface area contributed by atoms with Gasteiger partial charge in [-0.05, 0) is 41.8 Å². The van der Waals surface area contributed by atoms with Crippen molar-refractivity contribution >= 4 is 16.8 Å². The maximum absolute atomic E-state index is 12.4. The minimum absolute atomic E-state index is 0.0805. The fraction of sp³-hybridized carbons (Fsp3) is 0.200. The number of nitrogens with zero attached hydrogens (tertiary/aromatic N) is 1. The van der Waals surface area contributed by atoms with Crippen LogP contribution in [0.25, 0.3) is 10.9 Å². The second kappa shape index (κ2) is 7.70. The minimum atomic E-state index is -0.0805. The molecule has 24 heavy (non-hydrogen) atoms. The highest BCUT2D eigenvalue weighted by Crippen LogP contribution is 2.13. The Hall–Kier alpha value is -2.72. The second-order valence-electron chi connectivity index (χ2n) is 5.66. The molecule has 0 aliphatic rings. The SMILES string of the molecule is COCCc1cccc(CNC(=O)c2ccc3ncccc3c2)c1. The first-order valence-corrected chi connectivity index (χ1v) is 7.96. The van der Waals surface area contributed by atoms with Gasteiger partial charge in [0.25, 0.3) is 5.91 Å². The lowest BCUT2D eigenvalue weighted by Gasteiger charge is -2.08. The van der Waals surface area contributed by atoms with Crippen molar-refractivity contribution in [2.75, 3.05) is 13.7 Å². The van der Waals surface area contributed by atoms with Gasteiger partial charge in [0, 0.05) is 30.8 Å². The number of carbonyl (C=O) groups is 1. The van der Waals surface area contributed by atoms with Gasteiger partial charge in [0.1, 0.15) is 0 Å². The third kappa shape index (κ3) is 3.97. The summed E-state index contributed by atoms with van der Waals surface area (Å²) in [6, 6.07) is 17.6. The number of ether oxygens (including phenoxy) is 1. The first-order chi connectivity index (χ1) is 11.8. The Kier molecular flexibility index (Phi) is 5.18. The van der Waals surface area contributed by atoms with E-state index in [0.717, 1.165) is 22.9 Å². The zero-order chi connectivity index (χ0) is 16.8. The normalized spacial score (nSPS) is 10.7. The van der Waals surface area contributed by atoms with E-state index in [-0.39, 0.29) is 5.91 Å². The van der Waals surface area contributed by atoms with E-state index in [2.05, 4.69) is 22.4 Å². The molecule has 0 saturated heterocycles. The number of hydrogen-bond acceptors (Lipinski definition) is 3. The van der Waals surface area contributed by atoms with Crippen molar-refractivity contribution in [1.82, 2.24) is 10.3 Å². The van der Waals surface area contributed by atoms with E-state index in [4.69, 9.17) is 4.74 Å². The Balaban J connectivity index is 1.66. The molecule has 4 nitrogen and oxygen atoms in total. The lowest BCUT2D eigenvalue weighted by atomic mass is 10.1. The Bertz CT molecular complexity index is 846. The average molecular weight is 320 g/mol. The number of benzene rings is 2. The maximum atomic E-state index is 12.4. The number of amides is 1. The molecule has 0 saturated carbocycles. The predicted octanol–water partition coefficient (Wildman–Crippen LogP) is 3.35. The third-order valence-corrected chi connectivity index (χ3v) is 3.90. The van der Waals surface area contributed by atoms with E-state index < -0.39 is 0 Å². The molecule has 3 aromatic rings. The molecular weight excluding hydrogens is 300 g/mol. The average Bonchev–Trinajstić information content (AvgIpc) is 2.64. The van der Waals surface area contributed by atoms with Gasteiger partial charge in [-0.2, -0.15) is 0 Å². The largest absolute Gasteiger partial charge is 0.384 e. The van der Waals surface area contributed by atoms with Crippen LogP contribution in [0.3, 0.4) is 0 Å². The van der Waals surface area contributed by atoms with Crippen LogP contribution in [-0.2, 0) is 17.7 Å². The van der Waals surface area contributed by atoms with Crippen LogP contribution in [0.4, 0.5) is 0 Å². The summed E-state index contributed by atoms with van der Waals surface area (Å²) >= 11 is 0. The molecule has 0 aliphatic carbocycles. The molecular formula is C20H20N2O2. The van der Waals surface area contributed by atoms with E-state index in [0.29, 0.717) is 18.7 Å². The van der Waals surface area contributed by atoms with Gasteiger partial charge in [-0.25, -0.2) is 0 Å². The van der Waals surface area contributed by atoms with E-state index in [1.54, 1.807) is 19.4 Å². The van der Waals surface area contributed by atoms with Gasteiger partial charge in [0.05, 0.1) is 12.1 Å². The number of rotatable bonds is 6. The lowest BCUT2D eigenvalue weighted by Crippen LogP contribution is -2.22. The summed E-state index contributed by atoms with van der Waals surface area (Å²) < 4.78 is 5.10. The number of aromatic nitrogens is 1. The highest BCUT2D eigenvalue weighted by molar-refractivity contribution is 5.97. The molecule has 0 unspecified atom stereocenters. The van der Waals surface area contributed by atoms with Gasteiger partial charge < -0.3 is 10.1 Å². The van der Waals surface area contributed by atoms with Crippen LogP contribution in [0, 0.1) is 0 Å². The number of carbonyl (C=O) groups excluding carboxylic acids is 1. The zero-order valence-electron chi connectivity index (χ0n) is 13.7. The summed E-state index contributed by atoms with van der Waals surface area (Å²) in [6.07, 6.45) is 2.62. The van der Waals surface area contributed by atoms with Gasteiger partial charge in [0.2, 0.25) is 0 Å². The molecule has 0 spiro atoms. The lowest BCUT2D eigenvalue weighted by molar-refractivity contribution is 0.0951. The number of nitrogens with one attached hydrogen (secondary N) is 1. The molecule has 122 valence electrons. The van der Waals surface area contributed by atoms with Crippen LogP contribution in [0.5, 0.6) is 0 Å². The summed E-state index contributed by atoms with van der Waals surface area (Å²) in [4.78, 5) is 16.6. The van der Waals surface area contributed by atoms with Crippen molar-refractivity contribution in [3.63, 3.8) is 0 Å². The highest BCUT2D eigenvalue weighted by Gasteiger charge is 2.07. The number of fused-ring (bicyclic) bond motifs is 1. The smallest absolute Gasteiger partial charge is 0.251 e. The van der Waals surface area contributed by atoms with E-state index >= 15 is 0 Å². The molecule has 1 N–H and O–H groups in total. The van der Waals surface area contributed by atoms with Crippen LogP contribution in [0.2, 0.25) is 0 Å². The van der Waals surface area contributed by atoms with E-state index in [9.17, 15) is 4.79 Å². The molecule has 2 aromatic carbocycles. The van der Waals surface area contributed by atoms with Crippen molar-refractivity contribution in [1.29, 1.82) is 0 Å². The molecule has 0 bridgehead atoms. The second-order valence-corrected chi connectivity index (χ2v) is 5.66. The molecule has 4 heteroatoms. The molecule has 1 aromatic heterocycles. The highest BCUT2D eigenvalue weighted by atomic mass is 16.5. The first-order valence-electron chi connectivity index (χ1n) is 7.96. The van der Waals surface area contributed by atoms with Crippen molar-refractivity contribution in [2.24, 2.45) is 0 Å². The van der Waals surface area contributed by atoms with Crippen molar-refractivity contribution in [3.8, 4) is 0 Å². The van der Waals surface area contributed by atoms with Gasteiger partial charge in [-0.15, -0.1) is 0 Å². The molecule has 1 amide bonds. The molecule has 1 heterocycles. The quantitative estimate of drug-likeness (QED) is 0.758. The monoisotopic (exact) mass is 320 g/mol. The fourth-order valence-corrected chi connectivity index (χ4v) is 2.62. The fourth-order valence-electron chi connectivity index (χ4n) is 2.62. The van der Waals surface area contributed by atoms with Gasteiger partial charge in [-0.3, -0.25) is 9.78 Å². The van der Waals surface area contributed by atoms with Gasteiger partial charge in [-0.1, -0.05) is 30.3 Å². The van der Waals surface area contributed by atoms with Crippen LogP contribution < -0.4 is 5.32 Å². The Labute approximate surface area is 141 Å². The number of pyridine rings is 1. The van der Waals surface area contributed by atoms with Crippen LogP contribution >= 0.6 is 0 Å². The molecule has 0 fully saturated rings. The van der Waals surface area contributed by atoms with Crippen molar-refractivity contribution < 1.29 is 9.53 Å². The summed E-state index contributed by atoms with van der Waals surface area (Å²) in [6.45, 7) is 1.20. The Morgan fingerprint density at radius 1 is 1.08 bits per heavy atom. The Morgan fingerprint density at radius 3 is 2.83 bits per heavy atom. The maximum Gasteiger partial charge on any atom is 0.251 e. The van der Waals surface area contributed by atoms with Crippen molar-refractivity contribution in [3.05, 3.63) is 77.5 Å². The van der Waals surface area contributed by atoms with Gasteiger partial charge >= 0.3 is 0 Å². The topological polar surface area (TPSA) is 51.2 Å². The number of hydrogen-bond donors (Lipinski definition) is 1. The standard InChI is InChI=1S/C20H20N2O2/c1-24-11-9-15-4-2-5-16(12-15)14-22-20(23)18-7-8-19-17(13-18)6-3-10-21-19/h2-8,10,12-13H,9,11,14H2,1H3,(H,22,23). The van der Waals surface area contributed by atoms with E-state index in [1.165, 1.54) is 5.56 Å². The summed E-state index contributed by atoms with van der Waals surface area (Å²) in [5.41, 5.74) is 3.82. The summed E-state index contributed by atoms with van der Waals surface area (Å²) in [5.74, 6) is -0.0805. The number of methoxy groups -OCH3 is 1. The molecule has 0 atom stereocenters. The van der Waals surface area contributed by atoms with Gasteiger partial charge in [0.15, 0.2) is 0 Å². The summed E-state index contributed by atoms with van der Waals surface area (Å²) in [5, 5.41) is 3.94. The molecule has 3 rings (SSSR count). The third-order valence-electron chi connectivity index (χ3n) is 3.90. The van der Waals surface area contributed by atoms with Crippen LogP contribution in [0.15, 0.2) is 60.8 Å². The molecule has 0 radical (unpaired) electrons. The minimum Gasteiger partial charge on any atom is -0.384 e. The van der Waals surface area contributed by atoms with Crippen molar-refractivity contribution in [2.45, 2.75) is 13.0 Å². The Morgan fingerprint density at radius 2 is 1.96 bits per heavy atom. The van der Waals surface area contributed by atoms with E-state index in [1.807, 2.05) is 36.4 Å².